The van der Waals surface area contributed by atoms with Gasteiger partial charge in [-0.25, -0.2) is 0 Å². The summed E-state index contributed by atoms with van der Waals surface area (Å²) < 4.78 is 5.83. The number of aryl methyl sites for hydroxylation is 2. The van der Waals surface area contributed by atoms with Gasteiger partial charge >= 0.3 is 0 Å². The van der Waals surface area contributed by atoms with E-state index in [-0.39, 0.29) is 6.10 Å². The van der Waals surface area contributed by atoms with E-state index < -0.39 is 0 Å². The number of ether oxygens (including phenoxy) is 1. The van der Waals surface area contributed by atoms with Gasteiger partial charge in [0.1, 0.15) is 11.9 Å². The summed E-state index contributed by atoms with van der Waals surface area (Å²) in [6.45, 7) is 8.20. The Kier molecular flexibility index (Phi) is 3.75. The fourth-order valence-corrected chi connectivity index (χ4v) is 1.48. The molecule has 1 atom stereocenters. The first-order valence-corrected chi connectivity index (χ1v) is 5.01. The van der Waals surface area contributed by atoms with Crippen molar-refractivity contribution < 1.29 is 4.74 Å². The van der Waals surface area contributed by atoms with Crippen LogP contribution < -0.4 is 4.74 Å². The minimum absolute atomic E-state index is 0.139. The summed E-state index contributed by atoms with van der Waals surface area (Å²) in [6.07, 6.45) is 4.20. The Morgan fingerprint density at radius 1 is 1.21 bits per heavy atom. The van der Waals surface area contributed by atoms with Gasteiger partial charge in [0.15, 0.2) is 0 Å². The molecule has 0 spiro atoms. The molecule has 1 aromatic rings. The van der Waals surface area contributed by atoms with Gasteiger partial charge in [0.05, 0.1) is 0 Å². The van der Waals surface area contributed by atoms with Crippen molar-refractivity contribution in [1.82, 2.24) is 0 Å². The second kappa shape index (κ2) is 4.85. The topological polar surface area (TPSA) is 9.23 Å². The van der Waals surface area contributed by atoms with Crippen LogP contribution in [-0.2, 0) is 0 Å². The number of benzene rings is 1. The zero-order valence-corrected chi connectivity index (χ0v) is 9.37. The summed E-state index contributed by atoms with van der Waals surface area (Å²) in [5, 5.41) is 0. The molecule has 1 heteroatoms. The van der Waals surface area contributed by atoms with E-state index >= 15 is 0 Å². The van der Waals surface area contributed by atoms with Crippen molar-refractivity contribution in [2.45, 2.75) is 33.8 Å². The Morgan fingerprint density at radius 2 is 1.79 bits per heavy atom. The normalized spacial score (nSPS) is 13.1. The Balaban J connectivity index is 2.85. The predicted molar refractivity (Wildman–Crippen MR) is 60.8 cm³/mol. The molecular weight excluding hydrogens is 172 g/mol. The third-order valence-electron chi connectivity index (χ3n) is 2.18. The highest BCUT2D eigenvalue weighted by Crippen LogP contribution is 2.23. The summed E-state index contributed by atoms with van der Waals surface area (Å²) >= 11 is 0. The Labute approximate surface area is 86.4 Å². The molecule has 0 aliphatic heterocycles. The molecule has 0 heterocycles. The van der Waals surface area contributed by atoms with Gasteiger partial charge in [-0.05, 0) is 44.9 Å². The monoisotopic (exact) mass is 190 g/mol. The second-order valence-corrected chi connectivity index (χ2v) is 3.57. The highest BCUT2D eigenvalue weighted by atomic mass is 16.5. The molecule has 0 unspecified atom stereocenters. The summed E-state index contributed by atoms with van der Waals surface area (Å²) in [7, 11) is 0. The summed E-state index contributed by atoms with van der Waals surface area (Å²) in [5.41, 5.74) is 2.39. The van der Waals surface area contributed by atoms with Crippen molar-refractivity contribution in [3.8, 4) is 5.75 Å². The van der Waals surface area contributed by atoms with Crippen LogP contribution in [0.4, 0.5) is 0 Å². The Hall–Kier alpha value is -1.24. The number of para-hydroxylation sites is 1. The standard InChI is InChI=1S/C13H18O/c1-5-7-12(4)14-13-10(2)8-6-9-11(13)3/h5-9,12H,1-4H3/b7-5+/t12-/m0/s1. The number of hydrogen-bond acceptors (Lipinski definition) is 1. The smallest absolute Gasteiger partial charge is 0.125 e. The molecule has 0 N–H and O–H groups in total. The van der Waals surface area contributed by atoms with Gasteiger partial charge < -0.3 is 4.74 Å². The van der Waals surface area contributed by atoms with Crippen LogP contribution in [0.1, 0.15) is 25.0 Å². The molecule has 0 amide bonds. The molecule has 1 aromatic carbocycles. The first kappa shape index (κ1) is 10.8. The van der Waals surface area contributed by atoms with Crippen LogP contribution in [0.2, 0.25) is 0 Å². The van der Waals surface area contributed by atoms with Crippen LogP contribution in [0.3, 0.4) is 0 Å². The average molecular weight is 190 g/mol. The van der Waals surface area contributed by atoms with Gasteiger partial charge in [-0.3, -0.25) is 0 Å². The molecule has 0 radical (unpaired) electrons. The highest BCUT2D eigenvalue weighted by molar-refractivity contribution is 5.40. The minimum atomic E-state index is 0.139. The summed E-state index contributed by atoms with van der Waals surface area (Å²) in [4.78, 5) is 0. The second-order valence-electron chi connectivity index (χ2n) is 3.57. The minimum Gasteiger partial charge on any atom is -0.486 e. The van der Waals surface area contributed by atoms with Gasteiger partial charge in [-0.15, -0.1) is 0 Å². The first-order chi connectivity index (χ1) is 6.65. The lowest BCUT2D eigenvalue weighted by Crippen LogP contribution is -2.09. The molecule has 0 aromatic heterocycles. The molecule has 0 saturated carbocycles. The van der Waals surface area contributed by atoms with Crippen molar-refractivity contribution in [1.29, 1.82) is 0 Å². The van der Waals surface area contributed by atoms with E-state index in [1.54, 1.807) is 0 Å². The number of allylic oxidation sites excluding steroid dienone is 1. The van der Waals surface area contributed by atoms with Crippen molar-refractivity contribution in [3.63, 3.8) is 0 Å². The fourth-order valence-electron chi connectivity index (χ4n) is 1.48. The van der Waals surface area contributed by atoms with E-state index in [4.69, 9.17) is 4.74 Å². The Morgan fingerprint density at radius 3 is 2.29 bits per heavy atom. The quantitative estimate of drug-likeness (QED) is 0.661. The first-order valence-electron chi connectivity index (χ1n) is 5.01. The van der Waals surface area contributed by atoms with Crippen molar-refractivity contribution in [2.75, 3.05) is 0 Å². The SMILES string of the molecule is C/C=C/[C@H](C)Oc1c(C)cccc1C. The maximum Gasteiger partial charge on any atom is 0.125 e. The molecular formula is C13H18O. The van der Waals surface area contributed by atoms with Gasteiger partial charge in [-0.1, -0.05) is 24.3 Å². The lowest BCUT2D eigenvalue weighted by molar-refractivity contribution is 0.266. The zero-order valence-electron chi connectivity index (χ0n) is 9.37. The Bertz CT molecular complexity index is 306. The van der Waals surface area contributed by atoms with E-state index in [1.807, 2.05) is 26.0 Å². The number of rotatable bonds is 3. The van der Waals surface area contributed by atoms with Crippen LogP contribution >= 0.6 is 0 Å². The molecule has 0 saturated heterocycles. The maximum atomic E-state index is 5.83. The van der Waals surface area contributed by atoms with E-state index in [1.165, 1.54) is 11.1 Å². The molecule has 0 aliphatic rings. The highest BCUT2D eigenvalue weighted by Gasteiger charge is 2.05. The largest absolute Gasteiger partial charge is 0.486 e. The van der Waals surface area contributed by atoms with Gasteiger partial charge in [0, 0.05) is 0 Å². The lowest BCUT2D eigenvalue weighted by atomic mass is 10.1. The number of hydrogen-bond donors (Lipinski definition) is 0. The third kappa shape index (κ3) is 2.63. The van der Waals surface area contributed by atoms with Crippen LogP contribution in [0.15, 0.2) is 30.4 Å². The van der Waals surface area contributed by atoms with Crippen molar-refractivity contribution >= 4 is 0 Å². The molecule has 0 fully saturated rings. The fraction of sp³-hybridized carbons (Fsp3) is 0.385. The molecule has 1 nitrogen and oxygen atoms in total. The van der Waals surface area contributed by atoms with Crippen LogP contribution in [0, 0.1) is 13.8 Å². The molecule has 76 valence electrons. The van der Waals surface area contributed by atoms with Crippen molar-refractivity contribution in [2.24, 2.45) is 0 Å². The summed E-state index contributed by atoms with van der Waals surface area (Å²) in [5.74, 6) is 1.01. The zero-order chi connectivity index (χ0) is 10.6. The van der Waals surface area contributed by atoms with Crippen molar-refractivity contribution in [3.05, 3.63) is 41.5 Å². The molecule has 0 bridgehead atoms. The maximum absolute atomic E-state index is 5.83. The van der Waals surface area contributed by atoms with Crippen LogP contribution in [-0.4, -0.2) is 6.10 Å². The average Bonchev–Trinajstić information content (AvgIpc) is 2.12. The van der Waals surface area contributed by atoms with Crippen LogP contribution in [0.25, 0.3) is 0 Å². The predicted octanol–water partition coefficient (Wildman–Crippen LogP) is 3.65. The molecule has 1 rings (SSSR count). The van der Waals surface area contributed by atoms with E-state index in [0.717, 1.165) is 5.75 Å². The van der Waals surface area contributed by atoms with Gasteiger partial charge in [-0.2, -0.15) is 0 Å². The summed E-state index contributed by atoms with van der Waals surface area (Å²) in [6, 6.07) is 6.20. The third-order valence-corrected chi connectivity index (χ3v) is 2.18. The van der Waals surface area contributed by atoms with E-state index in [9.17, 15) is 0 Å². The lowest BCUT2D eigenvalue weighted by Gasteiger charge is -2.15. The van der Waals surface area contributed by atoms with Gasteiger partial charge in [0.25, 0.3) is 0 Å². The van der Waals surface area contributed by atoms with E-state index in [2.05, 4.69) is 32.0 Å². The molecule has 0 aliphatic carbocycles. The van der Waals surface area contributed by atoms with Crippen LogP contribution in [0.5, 0.6) is 5.75 Å². The van der Waals surface area contributed by atoms with Gasteiger partial charge in [0.2, 0.25) is 0 Å². The molecule has 14 heavy (non-hydrogen) atoms. The van der Waals surface area contributed by atoms with E-state index in [0.29, 0.717) is 0 Å².